The average Bonchev–Trinajstić information content (AvgIpc) is 2.60. The second-order valence-electron chi connectivity index (χ2n) is 6.43. The number of carbonyl (C=O) groups excluding carboxylic acids is 1. The van der Waals surface area contributed by atoms with Gasteiger partial charge in [0.25, 0.3) is 0 Å². The second kappa shape index (κ2) is 9.76. The molecule has 0 saturated heterocycles. The topological polar surface area (TPSA) is 75.3 Å². The van der Waals surface area contributed by atoms with Crippen LogP contribution in [0.25, 0.3) is 0 Å². The van der Waals surface area contributed by atoms with E-state index in [2.05, 4.69) is 10.0 Å². The van der Waals surface area contributed by atoms with Crippen LogP contribution in [0.5, 0.6) is 0 Å². The molecule has 2 aromatic carbocycles. The average molecular weight is 409 g/mol. The van der Waals surface area contributed by atoms with Crippen LogP contribution in [0.3, 0.4) is 0 Å². The number of halogens is 1. The fraction of sp³-hybridized carbons (Fsp3) is 0.350. The first-order chi connectivity index (χ1) is 12.8. The summed E-state index contributed by atoms with van der Waals surface area (Å²) in [6.45, 7) is 3.60. The fourth-order valence-electron chi connectivity index (χ4n) is 2.69. The molecule has 0 aliphatic heterocycles. The molecule has 0 atom stereocenters. The fourth-order valence-corrected chi connectivity index (χ4v) is 4.01. The molecule has 7 heteroatoms. The Labute approximate surface area is 166 Å². The Bertz CT molecular complexity index is 881. The molecule has 0 bridgehead atoms. The van der Waals surface area contributed by atoms with E-state index in [0.29, 0.717) is 34.8 Å². The molecular formula is C20H25ClN2O3S. The van der Waals surface area contributed by atoms with Crippen LogP contribution in [0.4, 0.5) is 11.4 Å². The van der Waals surface area contributed by atoms with E-state index in [0.717, 1.165) is 18.4 Å². The second-order valence-corrected chi connectivity index (χ2v) is 8.71. The van der Waals surface area contributed by atoms with Gasteiger partial charge < -0.3 is 5.32 Å². The Hall–Kier alpha value is -2.05. The van der Waals surface area contributed by atoms with Gasteiger partial charge in [0.05, 0.1) is 11.4 Å². The normalized spacial score (nSPS) is 11.2. The van der Waals surface area contributed by atoms with Crippen LogP contribution in [-0.2, 0) is 21.2 Å². The highest BCUT2D eigenvalue weighted by atomic mass is 35.5. The molecule has 0 spiro atoms. The smallest absolute Gasteiger partial charge is 0.232 e. The molecule has 2 aromatic rings. The first kappa shape index (κ1) is 21.3. The Morgan fingerprint density at radius 1 is 1.07 bits per heavy atom. The monoisotopic (exact) mass is 408 g/mol. The summed E-state index contributed by atoms with van der Waals surface area (Å²) in [6.07, 6.45) is 2.43. The number of nitrogens with one attached hydrogen (secondary N) is 2. The van der Waals surface area contributed by atoms with E-state index in [4.69, 9.17) is 11.6 Å². The summed E-state index contributed by atoms with van der Waals surface area (Å²) in [6, 6.07) is 12.8. The van der Waals surface area contributed by atoms with E-state index in [1.54, 1.807) is 25.1 Å². The van der Waals surface area contributed by atoms with Crippen molar-refractivity contribution in [2.75, 3.05) is 15.8 Å². The van der Waals surface area contributed by atoms with Crippen LogP contribution < -0.4 is 10.0 Å². The van der Waals surface area contributed by atoms with Gasteiger partial charge in [0.1, 0.15) is 0 Å². The Balaban J connectivity index is 1.93. The van der Waals surface area contributed by atoms with Crippen molar-refractivity contribution in [2.45, 2.75) is 39.5 Å². The minimum Gasteiger partial charge on any atom is -0.326 e. The van der Waals surface area contributed by atoms with Gasteiger partial charge in [0, 0.05) is 17.1 Å². The Kier molecular flexibility index (Phi) is 7.68. The third-order valence-electron chi connectivity index (χ3n) is 4.13. The summed E-state index contributed by atoms with van der Waals surface area (Å²) in [7, 11) is -3.37. The summed E-state index contributed by atoms with van der Waals surface area (Å²) in [5, 5.41) is 3.56. The Morgan fingerprint density at radius 3 is 2.41 bits per heavy atom. The van der Waals surface area contributed by atoms with E-state index in [9.17, 15) is 13.2 Å². The molecule has 0 radical (unpaired) electrons. The zero-order valence-corrected chi connectivity index (χ0v) is 17.2. The molecule has 2 N–H and O–H groups in total. The lowest BCUT2D eigenvalue weighted by Crippen LogP contribution is -2.18. The molecule has 0 fully saturated rings. The largest absolute Gasteiger partial charge is 0.326 e. The maximum absolute atomic E-state index is 12.2. The summed E-state index contributed by atoms with van der Waals surface area (Å²) >= 11 is 5.86. The lowest BCUT2D eigenvalue weighted by molar-refractivity contribution is -0.116. The van der Waals surface area contributed by atoms with Crippen LogP contribution >= 0.6 is 11.6 Å². The van der Waals surface area contributed by atoms with Gasteiger partial charge in [0.15, 0.2) is 0 Å². The highest BCUT2D eigenvalue weighted by Crippen LogP contribution is 2.24. The maximum atomic E-state index is 12.2. The van der Waals surface area contributed by atoms with Crippen molar-refractivity contribution in [3.63, 3.8) is 0 Å². The van der Waals surface area contributed by atoms with Crippen molar-refractivity contribution in [1.82, 2.24) is 0 Å². The number of carbonyl (C=O) groups is 1. The standard InChI is InChI=1S/C20H25ClN2O3S/c1-3-14-27(25,26)23-19-8-5-7-18(15(19)2)22-20(24)9-4-6-16-10-12-17(21)13-11-16/h5,7-8,10-13,23H,3-4,6,9,14H2,1-2H3,(H,22,24). The summed E-state index contributed by atoms with van der Waals surface area (Å²) in [5.41, 5.74) is 2.93. The zero-order valence-electron chi connectivity index (χ0n) is 15.6. The van der Waals surface area contributed by atoms with Crippen molar-refractivity contribution >= 4 is 38.9 Å². The van der Waals surface area contributed by atoms with Gasteiger partial charge in [-0.2, -0.15) is 0 Å². The van der Waals surface area contributed by atoms with Crippen LogP contribution in [0, 0.1) is 6.92 Å². The van der Waals surface area contributed by atoms with E-state index in [-0.39, 0.29) is 11.7 Å². The van der Waals surface area contributed by atoms with Gasteiger partial charge in [-0.25, -0.2) is 8.42 Å². The van der Waals surface area contributed by atoms with Crippen molar-refractivity contribution in [3.05, 3.63) is 58.6 Å². The number of hydrogen-bond acceptors (Lipinski definition) is 3. The van der Waals surface area contributed by atoms with Crippen molar-refractivity contribution in [1.29, 1.82) is 0 Å². The van der Waals surface area contributed by atoms with Crippen LogP contribution in [0.15, 0.2) is 42.5 Å². The SMILES string of the molecule is CCCS(=O)(=O)Nc1cccc(NC(=O)CCCc2ccc(Cl)cc2)c1C. The number of sulfonamides is 1. The molecule has 0 aliphatic carbocycles. The summed E-state index contributed by atoms with van der Waals surface area (Å²) in [5.74, 6) is -0.0334. The maximum Gasteiger partial charge on any atom is 0.232 e. The molecule has 5 nitrogen and oxygen atoms in total. The predicted molar refractivity (Wildman–Crippen MR) is 112 cm³/mol. The Morgan fingerprint density at radius 2 is 1.74 bits per heavy atom. The minimum absolute atomic E-state index is 0.0632. The molecule has 0 saturated carbocycles. The van der Waals surface area contributed by atoms with Gasteiger partial charge >= 0.3 is 0 Å². The van der Waals surface area contributed by atoms with E-state index in [1.807, 2.05) is 31.2 Å². The van der Waals surface area contributed by atoms with Crippen molar-refractivity contribution < 1.29 is 13.2 Å². The molecule has 0 heterocycles. The zero-order chi connectivity index (χ0) is 19.9. The van der Waals surface area contributed by atoms with Gasteiger partial charge in [-0.1, -0.05) is 36.7 Å². The number of anilines is 2. The van der Waals surface area contributed by atoms with Gasteiger partial charge in [0.2, 0.25) is 15.9 Å². The lowest BCUT2D eigenvalue weighted by Gasteiger charge is -2.14. The third-order valence-corrected chi connectivity index (χ3v) is 5.86. The molecule has 0 unspecified atom stereocenters. The number of aryl methyl sites for hydroxylation is 1. The summed E-state index contributed by atoms with van der Waals surface area (Å²) < 4.78 is 26.5. The van der Waals surface area contributed by atoms with E-state index in [1.165, 1.54) is 0 Å². The number of hydrogen-bond donors (Lipinski definition) is 2. The van der Waals surface area contributed by atoms with Gasteiger partial charge in [-0.15, -0.1) is 0 Å². The lowest BCUT2D eigenvalue weighted by atomic mass is 10.1. The minimum atomic E-state index is -3.37. The predicted octanol–water partition coefficient (Wildman–Crippen LogP) is 4.76. The van der Waals surface area contributed by atoms with Gasteiger partial charge in [-0.05, 0) is 61.6 Å². The molecular weight excluding hydrogens is 384 g/mol. The molecule has 2 rings (SSSR count). The first-order valence-corrected chi connectivity index (χ1v) is 11.0. The van der Waals surface area contributed by atoms with Crippen molar-refractivity contribution in [3.8, 4) is 0 Å². The van der Waals surface area contributed by atoms with Gasteiger partial charge in [-0.3, -0.25) is 9.52 Å². The van der Waals surface area contributed by atoms with Crippen LogP contribution in [0.1, 0.15) is 37.3 Å². The van der Waals surface area contributed by atoms with Crippen LogP contribution in [-0.4, -0.2) is 20.1 Å². The quantitative estimate of drug-likeness (QED) is 0.628. The highest BCUT2D eigenvalue weighted by Gasteiger charge is 2.13. The number of benzene rings is 2. The van der Waals surface area contributed by atoms with Crippen molar-refractivity contribution in [2.24, 2.45) is 0 Å². The van der Waals surface area contributed by atoms with E-state index < -0.39 is 10.0 Å². The van der Waals surface area contributed by atoms with E-state index >= 15 is 0 Å². The molecule has 27 heavy (non-hydrogen) atoms. The molecule has 0 aliphatic rings. The van der Waals surface area contributed by atoms with Crippen LogP contribution in [0.2, 0.25) is 5.02 Å². The number of amides is 1. The molecule has 0 aromatic heterocycles. The molecule has 146 valence electrons. The highest BCUT2D eigenvalue weighted by molar-refractivity contribution is 7.92. The molecule has 1 amide bonds. The number of rotatable bonds is 9. The summed E-state index contributed by atoms with van der Waals surface area (Å²) in [4.78, 5) is 12.2. The third kappa shape index (κ3) is 6.88. The first-order valence-electron chi connectivity index (χ1n) is 8.95.